The molecule has 4 rings (SSSR count). The average Bonchev–Trinajstić information content (AvgIpc) is 3.11. The van der Waals surface area contributed by atoms with Crippen LogP contribution in [0, 0.1) is 6.92 Å². The Morgan fingerprint density at radius 1 is 1.11 bits per heavy atom. The number of aliphatic hydroxyl groups is 1. The number of rotatable bonds is 8. The highest BCUT2D eigenvalue weighted by atomic mass is 16.5. The van der Waals surface area contributed by atoms with Gasteiger partial charge in [-0.2, -0.15) is 0 Å². The number of hydrogen-bond donors (Lipinski definition) is 2. The molecule has 0 saturated carbocycles. The number of aromatic nitrogens is 1. The van der Waals surface area contributed by atoms with E-state index in [1.807, 2.05) is 26.8 Å². The Morgan fingerprint density at radius 3 is 2.54 bits per heavy atom. The zero-order valence-corrected chi connectivity index (χ0v) is 21.3. The number of Topliss-reactive ketones (excluding diaryl/α,β-unsaturated/α-hetero) is 1. The maximum absolute atomic E-state index is 13.3. The summed E-state index contributed by atoms with van der Waals surface area (Å²) in [5.74, 6) is -0.998. The van der Waals surface area contributed by atoms with Crippen molar-refractivity contribution < 1.29 is 29.3 Å². The molecule has 192 valence electrons. The van der Waals surface area contributed by atoms with Crippen molar-refractivity contribution in [2.75, 3.05) is 6.61 Å². The predicted octanol–water partition coefficient (Wildman–Crippen LogP) is 4.90. The highest BCUT2D eigenvalue weighted by Crippen LogP contribution is 2.42. The maximum Gasteiger partial charge on any atom is 0.295 e. The van der Waals surface area contributed by atoms with E-state index in [1.165, 1.54) is 11.0 Å². The number of aromatic hydroxyl groups is 1. The maximum atomic E-state index is 13.3. The standard InChI is InChI=1S/C29H30N2O6/c1-5-36-24-14-20(8-10-22(24)32)26-25(27(33)21-9-11-23(18(4)13-21)37-17(2)3)28(34)29(35)31(26)16-19-7-6-12-30-15-19/h6-15,17,26,32-33H,5,16H2,1-4H3/t26-/m0/s1. The summed E-state index contributed by atoms with van der Waals surface area (Å²) in [4.78, 5) is 32.1. The number of pyridine rings is 1. The van der Waals surface area contributed by atoms with Crippen LogP contribution >= 0.6 is 0 Å². The van der Waals surface area contributed by atoms with Crippen molar-refractivity contribution in [1.82, 2.24) is 9.88 Å². The van der Waals surface area contributed by atoms with Gasteiger partial charge in [0.15, 0.2) is 11.5 Å². The molecule has 1 aliphatic rings. The van der Waals surface area contributed by atoms with Crippen LogP contribution in [0.15, 0.2) is 66.5 Å². The zero-order valence-electron chi connectivity index (χ0n) is 21.3. The number of hydrogen-bond acceptors (Lipinski definition) is 7. The fraction of sp³-hybridized carbons (Fsp3) is 0.276. The first kappa shape index (κ1) is 25.8. The number of ether oxygens (including phenoxy) is 2. The lowest BCUT2D eigenvalue weighted by molar-refractivity contribution is -0.140. The number of benzene rings is 2. The number of phenolic OH excluding ortho intramolecular Hbond substituents is 1. The van der Waals surface area contributed by atoms with Crippen LogP contribution in [0.25, 0.3) is 5.76 Å². The van der Waals surface area contributed by atoms with E-state index in [0.29, 0.717) is 23.5 Å². The third kappa shape index (κ3) is 5.28. The van der Waals surface area contributed by atoms with E-state index in [1.54, 1.807) is 55.7 Å². The van der Waals surface area contributed by atoms with Crippen LogP contribution < -0.4 is 9.47 Å². The fourth-order valence-corrected chi connectivity index (χ4v) is 4.39. The Morgan fingerprint density at radius 2 is 1.89 bits per heavy atom. The number of nitrogens with zero attached hydrogens (tertiary/aromatic N) is 2. The summed E-state index contributed by atoms with van der Waals surface area (Å²) in [5, 5.41) is 21.6. The summed E-state index contributed by atoms with van der Waals surface area (Å²) in [6.07, 6.45) is 3.22. The molecule has 0 aliphatic carbocycles. The molecule has 0 spiro atoms. The van der Waals surface area contributed by atoms with E-state index in [4.69, 9.17) is 9.47 Å². The molecule has 3 aromatic rings. The summed E-state index contributed by atoms with van der Waals surface area (Å²) in [7, 11) is 0. The topological polar surface area (TPSA) is 109 Å². The summed E-state index contributed by atoms with van der Waals surface area (Å²) >= 11 is 0. The van der Waals surface area contributed by atoms with Gasteiger partial charge >= 0.3 is 0 Å². The van der Waals surface area contributed by atoms with Crippen LogP contribution in [0.4, 0.5) is 0 Å². The smallest absolute Gasteiger partial charge is 0.295 e. The largest absolute Gasteiger partial charge is 0.507 e. The highest BCUT2D eigenvalue weighted by Gasteiger charge is 2.46. The van der Waals surface area contributed by atoms with Crippen LogP contribution in [0.2, 0.25) is 0 Å². The lowest BCUT2D eigenvalue weighted by Crippen LogP contribution is -2.29. The molecule has 0 unspecified atom stereocenters. The van der Waals surface area contributed by atoms with E-state index in [0.717, 1.165) is 11.1 Å². The van der Waals surface area contributed by atoms with Crippen molar-refractivity contribution in [3.05, 3.63) is 88.8 Å². The molecule has 37 heavy (non-hydrogen) atoms. The van der Waals surface area contributed by atoms with Crippen LogP contribution in [-0.4, -0.2) is 44.5 Å². The Balaban J connectivity index is 1.86. The second-order valence-corrected chi connectivity index (χ2v) is 9.10. The number of amides is 1. The van der Waals surface area contributed by atoms with Crippen LogP contribution in [0.3, 0.4) is 0 Å². The molecule has 1 atom stereocenters. The number of aliphatic hydroxyl groups excluding tert-OH is 1. The van der Waals surface area contributed by atoms with Gasteiger partial charge in [-0.1, -0.05) is 12.1 Å². The molecule has 1 saturated heterocycles. The van der Waals surface area contributed by atoms with Gasteiger partial charge in [-0.3, -0.25) is 14.6 Å². The van der Waals surface area contributed by atoms with Crippen molar-refractivity contribution >= 4 is 17.4 Å². The first-order valence-electron chi connectivity index (χ1n) is 12.1. The number of aryl methyl sites for hydroxylation is 1. The van der Waals surface area contributed by atoms with Crippen molar-refractivity contribution in [2.45, 2.75) is 46.4 Å². The first-order valence-corrected chi connectivity index (χ1v) is 12.1. The molecule has 0 radical (unpaired) electrons. The summed E-state index contributed by atoms with van der Waals surface area (Å²) in [6, 6.07) is 12.4. The van der Waals surface area contributed by atoms with Gasteiger partial charge in [0.25, 0.3) is 11.7 Å². The predicted molar refractivity (Wildman–Crippen MR) is 138 cm³/mol. The van der Waals surface area contributed by atoms with E-state index < -0.39 is 17.7 Å². The summed E-state index contributed by atoms with van der Waals surface area (Å²) < 4.78 is 11.3. The van der Waals surface area contributed by atoms with E-state index in [-0.39, 0.29) is 35.5 Å². The van der Waals surface area contributed by atoms with Gasteiger partial charge in [0.1, 0.15) is 11.5 Å². The van der Waals surface area contributed by atoms with Crippen LogP contribution in [-0.2, 0) is 16.1 Å². The van der Waals surface area contributed by atoms with Gasteiger partial charge < -0.3 is 24.6 Å². The fourth-order valence-electron chi connectivity index (χ4n) is 4.39. The highest BCUT2D eigenvalue weighted by molar-refractivity contribution is 6.46. The lowest BCUT2D eigenvalue weighted by Gasteiger charge is -2.26. The molecule has 2 heterocycles. The molecule has 1 amide bonds. The molecule has 1 aliphatic heterocycles. The number of likely N-dealkylation sites (tertiary alicyclic amines) is 1. The number of ketones is 1. The normalized spacial score (nSPS) is 16.9. The quantitative estimate of drug-likeness (QED) is 0.256. The molecular weight excluding hydrogens is 472 g/mol. The Bertz CT molecular complexity index is 1350. The molecule has 2 N–H and O–H groups in total. The van der Waals surface area contributed by atoms with Crippen LogP contribution in [0.5, 0.6) is 17.2 Å². The van der Waals surface area contributed by atoms with E-state index >= 15 is 0 Å². The summed E-state index contributed by atoms with van der Waals surface area (Å²) in [5.41, 5.74) is 2.37. The molecule has 2 aromatic carbocycles. The van der Waals surface area contributed by atoms with Crippen molar-refractivity contribution in [2.24, 2.45) is 0 Å². The first-order chi connectivity index (χ1) is 17.7. The Kier molecular flexibility index (Phi) is 7.47. The van der Waals surface area contributed by atoms with Crippen molar-refractivity contribution in [3.63, 3.8) is 0 Å². The third-order valence-corrected chi connectivity index (χ3v) is 6.03. The van der Waals surface area contributed by atoms with Gasteiger partial charge in [-0.25, -0.2) is 0 Å². The van der Waals surface area contributed by atoms with Gasteiger partial charge in [-0.15, -0.1) is 0 Å². The number of carbonyl (C=O) groups is 2. The molecular formula is C29H30N2O6. The van der Waals surface area contributed by atoms with Crippen molar-refractivity contribution in [1.29, 1.82) is 0 Å². The van der Waals surface area contributed by atoms with E-state index in [2.05, 4.69) is 4.98 Å². The molecule has 1 fully saturated rings. The second kappa shape index (κ2) is 10.7. The Hall–Kier alpha value is -4.33. The van der Waals surface area contributed by atoms with Crippen molar-refractivity contribution in [3.8, 4) is 17.2 Å². The zero-order chi connectivity index (χ0) is 26.7. The molecule has 1 aromatic heterocycles. The number of phenols is 1. The number of carbonyl (C=O) groups excluding carboxylic acids is 2. The Labute approximate surface area is 215 Å². The molecule has 8 nitrogen and oxygen atoms in total. The minimum absolute atomic E-state index is 0.0232. The monoisotopic (exact) mass is 502 g/mol. The second-order valence-electron chi connectivity index (χ2n) is 9.10. The van der Waals surface area contributed by atoms with Gasteiger partial charge in [-0.05, 0) is 80.8 Å². The molecule has 0 bridgehead atoms. The molecule has 8 heteroatoms. The average molecular weight is 503 g/mol. The van der Waals surface area contributed by atoms with Gasteiger partial charge in [0.2, 0.25) is 0 Å². The SMILES string of the molecule is CCOc1cc([C@H]2C(=C(O)c3ccc(OC(C)C)c(C)c3)C(=O)C(=O)N2Cc2cccnc2)ccc1O. The van der Waals surface area contributed by atoms with Gasteiger partial charge in [0, 0.05) is 24.5 Å². The minimum atomic E-state index is -0.910. The van der Waals surface area contributed by atoms with E-state index in [9.17, 15) is 19.8 Å². The minimum Gasteiger partial charge on any atom is -0.507 e. The third-order valence-electron chi connectivity index (χ3n) is 6.03. The van der Waals surface area contributed by atoms with Crippen LogP contribution in [0.1, 0.15) is 49.1 Å². The lowest BCUT2D eigenvalue weighted by atomic mass is 9.94. The summed E-state index contributed by atoms with van der Waals surface area (Å²) in [6.45, 7) is 7.90. The van der Waals surface area contributed by atoms with Gasteiger partial charge in [0.05, 0.1) is 24.3 Å².